The number of rotatable bonds is 6. The maximum atomic E-state index is 12.6. The number of urea groups is 1. The normalized spacial score (nSPS) is 13.7. The van der Waals surface area contributed by atoms with E-state index >= 15 is 0 Å². The van der Waals surface area contributed by atoms with E-state index in [4.69, 9.17) is 0 Å². The van der Waals surface area contributed by atoms with Crippen LogP contribution in [0.3, 0.4) is 0 Å². The lowest BCUT2D eigenvalue weighted by Crippen LogP contribution is -2.32. The third-order valence-corrected chi connectivity index (χ3v) is 4.47. The van der Waals surface area contributed by atoms with Gasteiger partial charge in [-0.25, -0.2) is 4.79 Å². The van der Waals surface area contributed by atoms with Gasteiger partial charge in [-0.05, 0) is 36.1 Å². The van der Waals surface area contributed by atoms with Crippen molar-refractivity contribution in [2.24, 2.45) is 0 Å². The highest BCUT2D eigenvalue weighted by Gasteiger charge is 2.29. The molecule has 0 spiro atoms. The van der Waals surface area contributed by atoms with E-state index in [9.17, 15) is 14.4 Å². The van der Waals surface area contributed by atoms with Crippen LogP contribution in [0.2, 0.25) is 0 Å². The highest BCUT2D eigenvalue weighted by molar-refractivity contribution is 6.02. The van der Waals surface area contributed by atoms with E-state index in [1.54, 1.807) is 24.3 Å². The summed E-state index contributed by atoms with van der Waals surface area (Å²) in [6.45, 7) is 2.65. The van der Waals surface area contributed by atoms with Crippen LogP contribution in [0, 0.1) is 6.92 Å². The van der Waals surface area contributed by atoms with Crippen LogP contribution in [0.25, 0.3) is 0 Å². The standard InChI is InChI=1S/C20H21N3O3/c1-14-6-2-3-7-15(14)10-11-21-19(25)17-9-5-4-8-16(17)13-23-18(24)12-22-20(23)26/h2-9H,10-13H2,1H3,(H,21,25)(H,22,26). The molecule has 0 bridgehead atoms. The first-order chi connectivity index (χ1) is 12.6. The van der Waals surface area contributed by atoms with E-state index in [0.29, 0.717) is 17.7 Å². The van der Waals surface area contributed by atoms with Gasteiger partial charge in [0.05, 0.1) is 13.1 Å². The molecule has 6 nitrogen and oxygen atoms in total. The minimum Gasteiger partial charge on any atom is -0.352 e. The Bertz CT molecular complexity index is 832. The molecule has 1 heterocycles. The van der Waals surface area contributed by atoms with Crippen LogP contribution in [-0.2, 0) is 17.8 Å². The minimum absolute atomic E-state index is 0.00359. The monoisotopic (exact) mass is 351 g/mol. The van der Waals surface area contributed by atoms with Crippen molar-refractivity contribution < 1.29 is 14.4 Å². The average molecular weight is 351 g/mol. The van der Waals surface area contributed by atoms with Crippen molar-refractivity contribution in [2.45, 2.75) is 19.9 Å². The van der Waals surface area contributed by atoms with E-state index in [0.717, 1.165) is 11.3 Å². The molecule has 2 N–H and O–H groups in total. The second-order valence-electron chi connectivity index (χ2n) is 6.23. The highest BCUT2D eigenvalue weighted by Crippen LogP contribution is 2.14. The summed E-state index contributed by atoms with van der Waals surface area (Å²) in [5.41, 5.74) is 3.51. The number of hydrogen-bond acceptors (Lipinski definition) is 3. The van der Waals surface area contributed by atoms with Gasteiger partial charge in [0.1, 0.15) is 0 Å². The lowest BCUT2D eigenvalue weighted by atomic mass is 10.0. The molecule has 4 amide bonds. The van der Waals surface area contributed by atoms with Crippen molar-refractivity contribution in [1.29, 1.82) is 0 Å². The van der Waals surface area contributed by atoms with Crippen LogP contribution in [0.15, 0.2) is 48.5 Å². The third kappa shape index (κ3) is 3.91. The average Bonchev–Trinajstić information content (AvgIpc) is 2.95. The zero-order chi connectivity index (χ0) is 18.5. The Hall–Kier alpha value is -3.15. The van der Waals surface area contributed by atoms with Crippen LogP contribution < -0.4 is 10.6 Å². The van der Waals surface area contributed by atoms with Gasteiger partial charge in [0.2, 0.25) is 5.91 Å². The number of carbonyl (C=O) groups excluding carboxylic acids is 3. The zero-order valence-electron chi connectivity index (χ0n) is 14.6. The molecule has 0 unspecified atom stereocenters. The minimum atomic E-state index is -0.426. The molecule has 26 heavy (non-hydrogen) atoms. The molecule has 3 rings (SSSR count). The van der Waals surface area contributed by atoms with Gasteiger partial charge in [-0.15, -0.1) is 0 Å². The maximum Gasteiger partial charge on any atom is 0.324 e. The van der Waals surface area contributed by atoms with Gasteiger partial charge in [-0.1, -0.05) is 42.5 Å². The van der Waals surface area contributed by atoms with Crippen molar-refractivity contribution in [3.05, 3.63) is 70.8 Å². The zero-order valence-corrected chi connectivity index (χ0v) is 14.6. The van der Waals surface area contributed by atoms with Gasteiger partial charge >= 0.3 is 6.03 Å². The lowest BCUT2D eigenvalue weighted by Gasteiger charge is -2.15. The van der Waals surface area contributed by atoms with E-state index in [-0.39, 0.29) is 24.9 Å². The molecule has 134 valence electrons. The second kappa shape index (κ2) is 7.82. The summed E-state index contributed by atoms with van der Waals surface area (Å²) in [7, 11) is 0. The number of hydrogen-bond donors (Lipinski definition) is 2. The fraction of sp³-hybridized carbons (Fsp3) is 0.250. The highest BCUT2D eigenvalue weighted by atomic mass is 16.2. The number of nitrogens with one attached hydrogen (secondary N) is 2. The molecule has 1 fully saturated rings. The SMILES string of the molecule is Cc1ccccc1CCNC(=O)c1ccccc1CN1C(=O)CNC1=O. The molecule has 0 aromatic heterocycles. The fourth-order valence-electron chi connectivity index (χ4n) is 2.96. The number of imide groups is 1. The predicted octanol–water partition coefficient (Wildman–Crippen LogP) is 2.02. The molecule has 2 aromatic rings. The first kappa shape index (κ1) is 17.7. The molecule has 2 aromatic carbocycles. The summed E-state index contributed by atoms with van der Waals surface area (Å²) in [6, 6.07) is 14.7. The Morgan fingerprint density at radius 3 is 2.46 bits per heavy atom. The molecular formula is C20H21N3O3. The Morgan fingerprint density at radius 1 is 1.08 bits per heavy atom. The van der Waals surface area contributed by atoms with Gasteiger partial charge < -0.3 is 10.6 Å². The van der Waals surface area contributed by atoms with Gasteiger partial charge in [0, 0.05) is 12.1 Å². The van der Waals surface area contributed by atoms with Crippen molar-refractivity contribution in [3.63, 3.8) is 0 Å². The summed E-state index contributed by atoms with van der Waals surface area (Å²) >= 11 is 0. The first-order valence-electron chi connectivity index (χ1n) is 8.55. The lowest BCUT2D eigenvalue weighted by molar-refractivity contribution is -0.125. The fourth-order valence-corrected chi connectivity index (χ4v) is 2.96. The summed E-state index contributed by atoms with van der Waals surface area (Å²) in [5, 5.41) is 5.40. The van der Waals surface area contributed by atoms with Crippen LogP contribution in [0.4, 0.5) is 4.79 Å². The molecule has 0 saturated carbocycles. The topological polar surface area (TPSA) is 78.5 Å². The van der Waals surface area contributed by atoms with Crippen molar-refractivity contribution in [1.82, 2.24) is 15.5 Å². The Labute approximate surface area is 152 Å². The van der Waals surface area contributed by atoms with Crippen LogP contribution in [0.5, 0.6) is 0 Å². The van der Waals surface area contributed by atoms with Gasteiger partial charge in [0.15, 0.2) is 0 Å². The number of carbonyl (C=O) groups is 3. The van der Waals surface area contributed by atoms with E-state index < -0.39 is 6.03 Å². The first-order valence-corrected chi connectivity index (χ1v) is 8.55. The number of aryl methyl sites for hydroxylation is 1. The van der Waals surface area contributed by atoms with E-state index in [2.05, 4.69) is 10.6 Å². The van der Waals surface area contributed by atoms with Gasteiger partial charge in [0.25, 0.3) is 5.91 Å². The molecule has 6 heteroatoms. The summed E-state index contributed by atoms with van der Waals surface area (Å²) < 4.78 is 0. The Kier molecular flexibility index (Phi) is 5.31. The number of amides is 4. The van der Waals surface area contributed by atoms with Crippen molar-refractivity contribution in [3.8, 4) is 0 Å². The number of benzene rings is 2. The van der Waals surface area contributed by atoms with Crippen LogP contribution in [-0.4, -0.2) is 35.8 Å². The molecule has 0 aliphatic carbocycles. The molecule has 0 atom stereocenters. The van der Waals surface area contributed by atoms with Crippen LogP contribution in [0.1, 0.15) is 27.0 Å². The Balaban J connectivity index is 1.65. The Morgan fingerprint density at radius 2 is 1.77 bits per heavy atom. The summed E-state index contributed by atoms with van der Waals surface area (Å²) in [4.78, 5) is 37.2. The summed E-state index contributed by atoms with van der Waals surface area (Å²) in [6.07, 6.45) is 0.744. The summed E-state index contributed by atoms with van der Waals surface area (Å²) in [5.74, 6) is -0.494. The maximum absolute atomic E-state index is 12.6. The van der Waals surface area contributed by atoms with Gasteiger partial charge in [-0.3, -0.25) is 14.5 Å². The largest absolute Gasteiger partial charge is 0.352 e. The number of nitrogens with zero attached hydrogens (tertiary/aromatic N) is 1. The van der Waals surface area contributed by atoms with Crippen molar-refractivity contribution in [2.75, 3.05) is 13.1 Å². The molecule has 0 radical (unpaired) electrons. The molecule has 1 aliphatic rings. The second-order valence-corrected chi connectivity index (χ2v) is 6.23. The quantitative estimate of drug-likeness (QED) is 0.782. The van der Waals surface area contributed by atoms with Gasteiger partial charge in [-0.2, -0.15) is 0 Å². The molecular weight excluding hydrogens is 330 g/mol. The van der Waals surface area contributed by atoms with Crippen molar-refractivity contribution >= 4 is 17.8 Å². The third-order valence-electron chi connectivity index (χ3n) is 4.47. The van der Waals surface area contributed by atoms with Crippen LogP contribution >= 0.6 is 0 Å². The smallest absolute Gasteiger partial charge is 0.324 e. The molecule has 1 aliphatic heterocycles. The van der Waals surface area contributed by atoms with E-state index in [1.807, 2.05) is 31.2 Å². The predicted molar refractivity (Wildman–Crippen MR) is 97.6 cm³/mol. The molecule has 1 saturated heterocycles. The van der Waals surface area contributed by atoms with E-state index in [1.165, 1.54) is 11.1 Å².